The number of carbonyl (C=O) groups is 1. The predicted octanol–water partition coefficient (Wildman–Crippen LogP) is 2.98. The summed E-state index contributed by atoms with van der Waals surface area (Å²) in [6, 6.07) is 7.30. The fraction of sp³-hybridized carbons (Fsp3) is 0.476. The van der Waals surface area contributed by atoms with E-state index >= 15 is 0 Å². The molecule has 0 radical (unpaired) electrons. The Morgan fingerprint density at radius 1 is 1.16 bits per heavy atom. The van der Waals surface area contributed by atoms with Crippen molar-refractivity contribution < 1.29 is 26.9 Å². The van der Waals surface area contributed by atoms with Crippen molar-refractivity contribution >= 4 is 16.1 Å². The standard InChI is InChI=1S/C17H18N2O7S.2C2H6/c1-11-10-25-9-8-19-15(11)18-13(17(21)24-2)14(16(19)20)26-27(22,23)12-6-4-3-5-7-12;2*1-2/h3-7,11H,8-10H2,1-2H3;2*1-2H3. The first-order valence-corrected chi connectivity index (χ1v) is 11.6. The van der Waals surface area contributed by atoms with Gasteiger partial charge in [0.1, 0.15) is 10.7 Å². The van der Waals surface area contributed by atoms with Crippen molar-refractivity contribution in [2.75, 3.05) is 20.3 Å². The summed E-state index contributed by atoms with van der Waals surface area (Å²) in [6.07, 6.45) is 0. The third-order valence-corrected chi connectivity index (χ3v) is 5.26. The van der Waals surface area contributed by atoms with Crippen molar-refractivity contribution in [2.45, 2.75) is 52.0 Å². The fourth-order valence-corrected chi connectivity index (χ4v) is 3.65. The van der Waals surface area contributed by atoms with Gasteiger partial charge in [-0.2, -0.15) is 8.42 Å². The molecular formula is C21H30N2O7S. The number of rotatable bonds is 4. The molecule has 1 aromatic carbocycles. The molecule has 0 saturated heterocycles. The normalized spacial score (nSPS) is 15.1. The summed E-state index contributed by atoms with van der Waals surface area (Å²) in [5.41, 5.74) is -1.26. The Labute approximate surface area is 183 Å². The van der Waals surface area contributed by atoms with Gasteiger partial charge in [0.05, 0.1) is 26.9 Å². The molecule has 0 spiro atoms. The molecule has 10 heteroatoms. The number of nitrogens with zero attached hydrogens (tertiary/aromatic N) is 2. The van der Waals surface area contributed by atoms with Crippen LogP contribution in [0.3, 0.4) is 0 Å². The lowest BCUT2D eigenvalue weighted by Gasteiger charge is -2.16. The lowest BCUT2D eigenvalue weighted by Crippen LogP contribution is -2.32. The first-order valence-electron chi connectivity index (χ1n) is 10.2. The van der Waals surface area contributed by atoms with Crippen LogP contribution in [-0.2, 0) is 26.1 Å². The number of fused-ring (bicyclic) bond motifs is 1. The average molecular weight is 455 g/mol. The lowest BCUT2D eigenvalue weighted by atomic mass is 10.1. The second kappa shape index (κ2) is 12.2. The maximum atomic E-state index is 12.9. The molecule has 1 aliphatic heterocycles. The molecule has 1 atom stereocenters. The largest absolute Gasteiger partial charge is 0.464 e. The van der Waals surface area contributed by atoms with Gasteiger partial charge in [-0.3, -0.25) is 9.36 Å². The zero-order valence-electron chi connectivity index (χ0n) is 18.7. The molecule has 2 aromatic rings. The van der Waals surface area contributed by atoms with E-state index < -0.39 is 33.1 Å². The molecule has 3 rings (SSSR count). The molecule has 31 heavy (non-hydrogen) atoms. The molecule has 9 nitrogen and oxygen atoms in total. The Kier molecular flexibility index (Phi) is 10.4. The maximum Gasteiger partial charge on any atom is 0.360 e. The third kappa shape index (κ3) is 6.14. The zero-order chi connectivity index (χ0) is 23.6. The molecular weight excluding hydrogens is 424 g/mol. The zero-order valence-corrected chi connectivity index (χ0v) is 19.6. The number of aromatic nitrogens is 2. The molecule has 0 aliphatic carbocycles. The molecule has 1 aliphatic rings. The molecule has 1 unspecified atom stereocenters. The van der Waals surface area contributed by atoms with Crippen LogP contribution in [0.1, 0.15) is 56.8 Å². The van der Waals surface area contributed by atoms with Crippen LogP contribution in [0.15, 0.2) is 40.0 Å². The Morgan fingerprint density at radius 3 is 2.35 bits per heavy atom. The van der Waals surface area contributed by atoms with Crippen LogP contribution in [0.5, 0.6) is 5.75 Å². The fourth-order valence-electron chi connectivity index (χ4n) is 2.69. The summed E-state index contributed by atoms with van der Waals surface area (Å²) in [4.78, 5) is 29.1. The SMILES string of the molecule is CC.CC.COC(=O)c1nc2n(c(=O)c1OS(=O)(=O)c1ccccc1)CCOCC2C. The molecule has 0 bridgehead atoms. The quantitative estimate of drug-likeness (QED) is 0.512. The van der Waals surface area contributed by atoms with Crippen LogP contribution >= 0.6 is 0 Å². The lowest BCUT2D eigenvalue weighted by molar-refractivity contribution is 0.0590. The van der Waals surface area contributed by atoms with Crippen LogP contribution in [0.25, 0.3) is 0 Å². The molecule has 0 N–H and O–H groups in total. The second-order valence-electron chi connectivity index (χ2n) is 5.92. The van der Waals surface area contributed by atoms with Gasteiger partial charge in [-0.25, -0.2) is 9.78 Å². The summed E-state index contributed by atoms with van der Waals surface area (Å²) < 4.78 is 41.5. The smallest absolute Gasteiger partial charge is 0.360 e. The van der Waals surface area contributed by atoms with Crippen LogP contribution in [0, 0.1) is 0 Å². The van der Waals surface area contributed by atoms with Gasteiger partial charge in [-0.1, -0.05) is 52.8 Å². The highest BCUT2D eigenvalue weighted by atomic mass is 32.2. The van der Waals surface area contributed by atoms with Crippen molar-refractivity contribution in [1.29, 1.82) is 0 Å². The van der Waals surface area contributed by atoms with E-state index in [1.54, 1.807) is 13.0 Å². The van der Waals surface area contributed by atoms with Crippen LogP contribution in [0.2, 0.25) is 0 Å². The topological polar surface area (TPSA) is 114 Å². The van der Waals surface area contributed by atoms with Gasteiger partial charge >= 0.3 is 16.1 Å². The van der Waals surface area contributed by atoms with E-state index in [4.69, 9.17) is 8.92 Å². The van der Waals surface area contributed by atoms with Crippen molar-refractivity contribution in [2.24, 2.45) is 0 Å². The summed E-state index contributed by atoms with van der Waals surface area (Å²) in [5, 5.41) is 0. The minimum absolute atomic E-state index is 0.156. The summed E-state index contributed by atoms with van der Waals surface area (Å²) >= 11 is 0. The van der Waals surface area contributed by atoms with Crippen molar-refractivity contribution in [3.8, 4) is 5.75 Å². The first kappa shape index (κ1) is 26.3. The van der Waals surface area contributed by atoms with Gasteiger partial charge in [-0.15, -0.1) is 0 Å². The molecule has 2 heterocycles. The molecule has 1 aromatic heterocycles. The molecule has 0 saturated carbocycles. The predicted molar refractivity (Wildman–Crippen MR) is 116 cm³/mol. The Bertz CT molecular complexity index is 1020. The van der Waals surface area contributed by atoms with E-state index in [2.05, 4.69) is 9.72 Å². The minimum Gasteiger partial charge on any atom is -0.464 e. The van der Waals surface area contributed by atoms with Gasteiger partial charge in [0.15, 0.2) is 5.69 Å². The highest BCUT2D eigenvalue weighted by Crippen LogP contribution is 2.23. The highest BCUT2D eigenvalue weighted by molar-refractivity contribution is 7.87. The van der Waals surface area contributed by atoms with E-state index in [0.29, 0.717) is 12.4 Å². The summed E-state index contributed by atoms with van der Waals surface area (Å²) in [7, 11) is -3.24. The van der Waals surface area contributed by atoms with E-state index in [0.717, 1.165) is 7.11 Å². The molecule has 172 valence electrons. The van der Waals surface area contributed by atoms with Gasteiger partial charge in [0, 0.05) is 5.92 Å². The van der Waals surface area contributed by atoms with Crippen molar-refractivity contribution in [1.82, 2.24) is 9.55 Å². The monoisotopic (exact) mass is 454 g/mol. The molecule has 0 amide bonds. The third-order valence-electron chi connectivity index (χ3n) is 4.03. The number of ether oxygens (including phenoxy) is 2. The number of esters is 1. The van der Waals surface area contributed by atoms with Gasteiger partial charge in [0.25, 0.3) is 5.56 Å². The van der Waals surface area contributed by atoms with Crippen LogP contribution < -0.4 is 9.74 Å². The Morgan fingerprint density at radius 2 is 1.77 bits per heavy atom. The highest BCUT2D eigenvalue weighted by Gasteiger charge is 2.30. The maximum absolute atomic E-state index is 12.9. The Hall–Kier alpha value is -2.72. The number of methoxy groups -OCH3 is 1. The number of hydrogen-bond donors (Lipinski definition) is 0. The van der Waals surface area contributed by atoms with Gasteiger partial charge in [0.2, 0.25) is 5.75 Å². The van der Waals surface area contributed by atoms with Crippen LogP contribution in [-0.4, -0.2) is 44.3 Å². The van der Waals surface area contributed by atoms with Crippen molar-refractivity contribution in [3.05, 3.63) is 52.2 Å². The van der Waals surface area contributed by atoms with Crippen molar-refractivity contribution in [3.63, 3.8) is 0 Å². The first-order chi connectivity index (χ1) is 14.8. The summed E-state index contributed by atoms with van der Waals surface area (Å²) in [5.74, 6) is -1.62. The van der Waals surface area contributed by atoms with E-state index in [1.165, 1.54) is 28.8 Å². The molecule has 0 fully saturated rings. The summed E-state index contributed by atoms with van der Waals surface area (Å²) in [6.45, 7) is 10.5. The number of carbonyl (C=O) groups excluding carboxylic acids is 1. The Balaban J connectivity index is 0.00000113. The van der Waals surface area contributed by atoms with E-state index in [-0.39, 0.29) is 24.0 Å². The van der Waals surface area contributed by atoms with Gasteiger partial charge < -0.3 is 13.7 Å². The van der Waals surface area contributed by atoms with E-state index in [9.17, 15) is 18.0 Å². The van der Waals surface area contributed by atoms with Gasteiger partial charge in [-0.05, 0) is 12.1 Å². The number of benzene rings is 1. The average Bonchev–Trinajstić information content (AvgIpc) is 2.99. The number of hydrogen-bond acceptors (Lipinski definition) is 8. The minimum atomic E-state index is -4.34. The van der Waals surface area contributed by atoms with E-state index in [1.807, 2.05) is 27.7 Å². The second-order valence-corrected chi connectivity index (χ2v) is 7.47. The van der Waals surface area contributed by atoms with Crippen LogP contribution in [0.4, 0.5) is 0 Å².